The maximum Gasteiger partial charge on any atom is 0.110 e. The molecule has 2 nitrogen and oxygen atoms in total. The van der Waals surface area contributed by atoms with Gasteiger partial charge in [-0.3, -0.25) is 0 Å². The van der Waals surface area contributed by atoms with E-state index in [4.69, 9.17) is 0 Å². The molecule has 0 radical (unpaired) electrons. The Morgan fingerprint density at radius 1 is 0.833 bits per heavy atom. The first kappa shape index (κ1) is 20.4. The van der Waals surface area contributed by atoms with E-state index in [1.165, 1.54) is 5.56 Å². The summed E-state index contributed by atoms with van der Waals surface area (Å²) in [4.78, 5) is 2.51. The smallest absolute Gasteiger partial charge is 0.110 e. The predicted octanol–water partition coefficient (Wildman–Crippen LogP) is 5.84. The van der Waals surface area contributed by atoms with Gasteiger partial charge >= 0.3 is 0 Å². The molecule has 1 aliphatic carbocycles. The van der Waals surface area contributed by atoms with E-state index >= 15 is 0 Å². The van der Waals surface area contributed by atoms with Crippen LogP contribution in [-0.4, -0.2) is 24.5 Å². The highest BCUT2D eigenvalue weighted by atomic mass is 15.1. The van der Waals surface area contributed by atoms with Gasteiger partial charge in [0, 0.05) is 12.6 Å². The lowest BCUT2D eigenvalue weighted by atomic mass is 9.66. The van der Waals surface area contributed by atoms with Crippen LogP contribution in [0.2, 0.25) is 0 Å². The molecule has 0 saturated heterocycles. The molecule has 0 aliphatic heterocycles. The van der Waals surface area contributed by atoms with Crippen LogP contribution in [0.25, 0.3) is 0 Å². The molecule has 152 valence electrons. The second-order valence-corrected chi connectivity index (χ2v) is 8.53. The Morgan fingerprint density at radius 3 is 1.90 bits per heavy atom. The van der Waals surface area contributed by atoms with E-state index < -0.39 is 5.41 Å². The van der Waals surface area contributed by atoms with Gasteiger partial charge in [-0.1, -0.05) is 91.0 Å². The number of hydrogen-bond acceptors (Lipinski definition) is 2. The fourth-order valence-electron chi connectivity index (χ4n) is 5.14. The van der Waals surface area contributed by atoms with Crippen molar-refractivity contribution in [1.29, 1.82) is 5.26 Å². The molecule has 4 rings (SSSR count). The number of rotatable bonds is 7. The molecule has 2 atom stereocenters. The summed E-state index contributed by atoms with van der Waals surface area (Å²) in [5.41, 5.74) is 3.05. The van der Waals surface area contributed by atoms with Crippen molar-refractivity contribution >= 4 is 0 Å². The fraction of sp³-hybridized carbons (Fsp3) is 0.321. The summed E-state index contributed by atoms with van der Waals surface area (Å²) in [6.45, 7) is 1.05. The van der Waals surface area contributed by atoms with Gasteiger partial charge in [0.25, 0.3) is 0 Å². The Labute approximate surface area is 180 Å². The fourth-order valence-corrected chi connectivity index (χ4v) is 5.14. The van der Waals surface area contributed by atoms with Crippen molar-refractivity contribution in [3.05, 3.63) is 108 Å². The molecular weight excluding hydrogens is 364 g/mol. The third-order valence-electron chi connectivity index (χ3n) is 6.87. The van der Waals surface area contributed by atoms with Crippen LogP contribution in [0.15, 0.2) is 91.0 Å². The maximum absolute atomic E-state index is 10.6. The molecule has 3 aromatic carbocycles. The van der Waals surface area contributed by atoms with Gasteiger partial charge in [0.2, 0.25) is 0 Å². The molecule has 2 unspecified atom stereocenters. The van der Waals surface area contributed by atoms with Gasteiger partial charge in [-0.25, -0.2) is 0 Å². The SMILES string of the molecule is CN(CCc1ccccc1)C1CCC(C(C#N)(c2ccccc2)c2ccccc2)C1. The highest BCUT2D eigenvalue weighted by Crippen LogP contribution is 2.47. The summed E-state index contributed by atoms with van der Waals surface area (Å²) >= 11 is 0. The van der Waals surface area contributed by atoms with Crippen LogP contribution in [0.4, 0.5) is 0 Å². The third kappa shape index (κ3) is 4.04. The van der Waals surface area contributed by atoms with E-state index in [9.17, 15) is 5.26 Å². The van der Waals surface area contributed by atoms with Gasteiger partial charge in [0.15, 0.2) is 0 Å². The zero-order valence-electron chi connectivity index (χ0n) is 17.7. The predicted molar refractivity (Wildman–Crippen MR) is 123 cm³/mol. The molecule has 1 fully saturated rings. The minimum Gasteiger partial charge on any atom is -0.303 e. The van der Waals surface area contributed by atoms with E-state index in [0.717, 1.165) is 43.4 Å². The van der Waals surface area contributed by atoms with Crippen molar-refractivity contribution in [2.45, 2.75) is 37.1 Å². The first-order valence-corrected chi connectivity index (χ1v) is 11.0. The Bertz CT molecular complexity index is 920. The minimum absolute atomic E-state index is 0.316. The van der Waals surface area contributed by atoms with Crippen molar-refractivity contribution < 1.29 is 0 Å². The second-order valence-electron chi connectivity index (χ2n) is 8.53. The van der Waals surface area contributed by atoms with Gasteiger partial charge in [-0.15, -0.1) is 0 Å². The van der Waals surface area contributed by atoms with E-state index in [2.05, 4.69) is 96.9 Å². The van der Waals surface area contributed by atoms with Crippen LogP contribution in [-0.2, 0) is 11.8 Å². The van der Waals surface area contributed by atoms with Crippen LogP contribution in [0, 0.1) is 17.2 Å². The van der Waals surface area contributed by atoms with Crippen molar-refractivity contribution in [3.8, 4) is 6.07 Å². The van der Waals surface area contributed by atoms with E-state index in [-0.39, 0.29) is 0 Å². The Morgan fingerprint density at radius 2 is 1.37 bits per heavy atom. The third-order valence-corrected chi connectivity index (χ3v) is 6.87. The lowest BCUT2D eigenvalue weighted by molar-refractivity contribution is 0.237. The zero-order valence-corrected chi connectivity index (χ0v) is 17.7. The molecule has 0 aromatic heterocycles. The molecular formula is C28H30N2. The van der Waals surface area contributed by atoms with Gasteiger partial charge in [0.1, 0.15) is 5.41 Å². The summed E-state index contributed by atoms with van der Waals surface area (Å²) in [6.07, 6.45) is 4.36. The van der Waals surface area contributed by atoms with Crippen molar-refractivity contribution in [1.82, 2.24) is 4.90 Å². The maximum atomic E-state index is 10.6. The van der Waals surface area contributed by atoms with Gasteiger partial charge in [-0.2, -0.15) is 5.26 Å². The standard InChI is InChI=1S/C28H30N2/c1-30(20-19-23-11-5-2-6-12-23)27-18-17-26(21-27)28(22-29,24-13-7-3-8-14-24)25-15-9-4-10-16-25/h2-16,26-27H,17-21H2,1H3. The van der Waals surface area contributed by atoms with Crippen LogP contribution >= 0.6 is 0 Å². The number of nitriles is 1. The topological polar surface area (TPSA) is 27.0 Å². The van der Waals surface area contributed by atoms with Crippen LogP contribution in [0.3, 0.4) is 0 Å². The van der Waals surface area contributed by atoms with Crippen LogP contribution < -0.4 is 0 Å². The zero-order chi connectivity index (χ0) is 20.8. The largest absolute Gasteiger partial charge is 0.303 e. The number of likely N-dealkylation sites (N-methyl/N-ethyl adjacent to an activating group) is 1. The molecule has 1 aliphatic rings. The average molecular weight is 395 g/mol. The second kappa shape index (κ2) is 9.28. The van der Waals surface area contributed by atoms with Crippen molar-refractivity contribution in [3.63, 3.8) is 0 Å². The van der Waals surface area contributed by atoms with Gasteiger partial charge < -0.3 is 4.90 Å². The van der Waals surface area contributed by atoms with Crippen LogP contribution in [0.5, 0.6) is 0 Å². The molecule has 2 heteroatoms. The summed E-state index contributed by atoms with van der Waals surface area (Å²) in [7, 11) is 2.25. The first-order chi connectivity index (χ1) is 14.7. The van der Waals surface area contributed by atoms with Gasteiger partial charge in [-0.05, 0) is 55.3 Å². The Hall–Kier alpha value is -2.89. The van der Waals surface area contributed by atoms with Gasteiger partial charge in [0.05, 0.1) is 6.07 Å². The quantitative estimate of drug-likeness (QED) is 0.503. The summed E-state index contributed by atoms with van der Waals surface area (Å²) < 4.78 is 0. The van der Waals surface area contributed by atoms with E-state index in [1.54, 1.807) is 0 Å². The highest BCUT2D eigenvalue weighted by Gasteiger charge is 2.46. The summed E-state index contributed by atoms with van der Waals surface area (Å²) in [5.74, 6) is 0.316. The molecule has 30 heavy (non-hydrogen) atoms. The van der Waals surface area contributed by atoms with Crippen LogP contribution in [0.1, 0.15) is 36.0 Å². The molecule has 0 amide bonds. The molecule has 0 heterocycles. The Balaban J connectivity index is 1.55. The molecule has 3 aromatic rings. The minimum atomic E-state index is -0.586. The average Bonchev–Trinajstić information content (AvgIpc) is 3.31. The number of benzene rings is 3. The number of nitrogens with zero attached hydrogens (tertiary/aromatic N) is 2. The van der Waals surface area contributed by atoms with E-state index in [0.29, 0.717) is 12.0 Å². The molecule has 0 bridgehead atoms. The monoisotopic (exact) mass is 394 g/mol. The molecule has 0 spiro atoms. The van der Waals surface area contributed by atoms with Crippen molar-refractivity contribution in [2.75, 3.05) is 13.6 Å². The van der Waals surface area contributed by atoms with E-state index in [1.807, 2.05) is 12.1 Å². The molecule has 1 saturated carbocycles. The van der Waals surface area contributed by atoms with Crippen molar-refractivity contribution in [2.24, 2.45) is 5.92 Å². The Kier molecular flexibility index (Phi) is 6.31. The summed E-state index contributed by atoms with van der Waals surface area (Å²) in [6, 6.07) is 34.8. The normalized spacial score (nSPS) is 19.0. The molecule has 0 N–H and O–H groups in total. The number of hydrogen-bond donors (Lipinski definition) is 0. The lowest BCUT2D eigenvalue weighted by Gasteiger charge is -2.35. The summed E-state index contributed by atoms with van der Waals surface area (Å²) in [5, 5.41) is 10.6. The highest BCUT2D eigenvalue weighted by molar-refractivity contribution is 5.47. The lowest BCUT2D eigenvalue weighted by Crippen LogP contribution is -2.36. The first-order valence-electron chi connectivity index (χ1n) is 11.0.